The molecular formula is C15H16N4OS2. The van der Waals surface area contributed by atoms with Crippen molar-refractivity contribution in [2.24, 2.45) is 0 Å². The van der Waals surface area contributed by atoms with Gasteiger partial charge in [-0.3, -0.25) is 5.01 Å². The fraction of sp³-hybridized carbons (Fsp3) is 0.333. The highest BCUT2D eigenvalue weighted by molar-refractivity contribution is 8.07. The Bertz CT molecular complexity index is 743. The smallest absolute Gasteiger partial charge is 0.216 e. The van der Waals surface area contributed by atoms with E-state index in [1.807, 2.05) is 18.2 Å². The van der Waals surface area contributed by atoms with Crippen LogP contribution in [0.1, 0.15) is 36.5 Å². The molecule has 3 heterocycles. The van der Waals surface area contributed by atoms with Crippen LogP contribution in [0.2, 0.25) is 0 Å². The van der Waals surface area contributed by atoms with Crippen LogP contribution in [-0.2, 0) is 6.42 Å². The molecule has 0 radical (unpaired) electrons. The van der Waals surface area contributed by atoms with Gasteiger partial charge in [0, 0.05) is 11.8 Å². The molecule has 1 aromatic carbocycles. The number of hydrogen-bond donors (Lipinski definition) is 1. The largest absolute Gasteiger partial charge is 0.508 e. The summed E-state index contributed by atoms with van der Waals surface area (Å²) in [6, 6.07) is 7.46. The minimum atomic E-state index is 0.118. The molecule has 2 aliphatic heterocycles. The van der Waals surface area contributed by atoms with Crippen molar-refractivity contribution in [1.29, 1.82) is 0 Å². The summed E-state index contributed by atoms with van der Waals surface area (Å²) in [6.45, 7) is 2.18. The number of aromatic nitrogens is 3. The van der Waals surface area contributed by atoms with E-state index in [1.54, 1.807) is 29.6 Å². The minimum absolute atomic E-state index is 0.118. The molecule has 1 unspecified atom stereocenters. The molecule has 5 nitrogen and oxygen atoms in total. The number of fused-ring (bicyclic) bond motifs is 3. The number of phenols is 1. The number of thioether (sulfide) groups is 2. The Morgan fingerprint density at radius 2 is 2.23 bits per heavy atom. The summed E-state index contributed by atoms with van der Waals surface area (Å²) in [5.74, 6) is 1.31. The van der Waals surface area contributed by atoms with Crippen molar-refractivity contribution in [3.8, 4) is 5.75 Å². The molecule has 1 aromatic heterocycles. The van der Waals surface area contributed by atoms with E-state index < -0.39 is 0 Å². The van der Waals surface area contributed by atoms with Gasteiger partial charge in [-0.05, 0) is 35.9 Å². The summed E-state index contributed by atoms with van der Waals surface area (Å²) < 4.78 is 2.14. The van der Waals surface area contributed by atoms with Gasteiger partial charge in [-0.25, -0.2) is 4.68 Å². The summed E-state index contributed by atoms with van der Waals surface area (Å²) in [6.07, 6.45) is 3.19. The monoisotopic (exact) mass is 332 g/mol. The van der Waals surface area contributed by atoms with Crippen LogP contribution in [0.4, 0.5) is 0 Å². The predicted molar refractivity (Wildman–Crippen MR) is 89.2 cm³/mol. The Labute approximate surface area is 137 Å². The highest BCUT2D eigenvalue weighted by Gasteiger charge is 2.39. The fourth-order valence-electron chi connectivity index (χ4n) is 2.68. The first-order valence-electron chi connectivity index (χ1n) is 7.34. The van der Waals surface area contributed by atoms with Gasteiger partial charge in [0.2, 0.25) is 5.16 Å². The summed E-state index contributed by atoms with van der Waals surface area (Å²) in [7, 11) is 0. The van der Waals surface area contributed by atoms with Gasteiger partial charge in [-0.2, -0.15) is 0 Å². The van der Waals surface area contributed by atoms with Crippen LogP contribution in [0.25, 0.3) is 0 Å². The Morgan fingerprint density at radius 1 is 1.32 bits per heavy atom. The van der Waals surface area contributed by atoms with Gasteiger partial charge >= 0.3 is 0 Å². The van der Waals surface area contributed by atoms with E-state index in [0.29, 0.717) is 5.75 Å². The van der Waals surface area contributed by atoms with Crippen molar-refractivity contribution >= 4 is 23.5 Å². The quantitative estimate of drug-likeness (QED) is 0.923. The minimum Gasteiger partial charge on any atom is -0.508 e. The molecule has 0 spiro atoms. The standard InChI is InChI=1S/C15H16N4OS2/c1-2-3-7-12-16-17-15-18(12)19-13(22-15)9-21-14(19)10-5-4-6-11(20)8-10/h4-6,8-9,14,20H,2-3,7H2,1H3. The van der Waals surface area contributed by atoms with E-state index in [4.69, 9.17) is 0 Å². The summed E-state index contributed by atoms with van der Waals surface area (Å²) >= 11 is 3.41. The van der Waals surface area contributed by atoms with Crippen LogP contribution < -0.4 is 5.01 Å². The summed E-state index contributed by atoms with van der Waals surface area (Å²) in [5.41, 5.74) is 1.08. The van der Waals surface area contributed by atoms with Crippen LogP contribution >= 0.6 is 23.5 Å². The zero-order chi connectivity index (χ0) is 15.1. The average Bonchev–Trinajstić information content (AvgIpc) is 3.16. The van der Waals surface area contributed by atoms with E-state index in [1.165, 1.54) is 5.03 Å². The summed E-state index contributed by atoms with van der Waals surface area (Å²) in [4.78, 5) is 0. The van der Waals surface area contributed by atoms with E-state index in [9.17, 15) is 5.11 Å². The second-order valence-electron chi connectivity index (χ2n) is 5.30. The molecule has 2 aliphatic rings. The number of phenolic OH excluding ortho intramolecular Hbond substituents is 1. The first-order valence-corrected chi connectivity index (χ1v) is 9.10. The molecule has 114 valence electrons. The lowest BCUT2D eigenvalue weighted by molar-refractivity contribution is 0.474. The van der Waals surface area contributed by atoms with E-state index in [-0.39, 0.29) is 5.37 Å². The number of rotatable bonds is 4. The van der Waals surface area contributed by atoms with Crippen molar-refractivity contribution in [3.05, 3.63) is 46.1 Å². The maximum Gasteiger partial charge on any atom is 0.216 e. The van der Waals surface area contributed by atoms with Gasteiger partial charge < -0.3 is 5.11 Å². The number of benzene rings is 1. The Kier molecular flexibility index (Phi) is 3.54. The highest BCUT2D eigenvalue weighted by atomic mass is 32.2. The van der Waals surface area contributed by atoms with Crippen molar-refractivity contribution in [3.63, 3.8) is 0 Å². The van der Waals surface area contributed by atoms with Crippen LogP contribution in [0.5, 0.6) is 5.75 Å². The molecule has 2 aromatic rings. The van der Waals surface area contributed by atoms with Crippen molar-refractivity contribution < 1.29 is 5.11 Å². The molecule has 0 saturated carbocycles. The van der Waals surface area contributed by atoms with Crippen LogP contribution in [0.3, 0.4) is 0 Å². The Balaban J connectivity index is 1.70. The molecule has 0 amide bonds. The first kappa shape index (κ1) is 14.0. The summed E-state index contributed by atoms with van der Waals surface area (Å²) in [5, 5.41) is 25.1. The Hall–Kier alpha value is -1.60. The fourth-order valence-corrected chi connectivity index (χ4v) is 4.92. The lowest BCUT2D eigenvalue weighted by Gasteiger charge is -2.26. The molecule has 0 fully saturated rings. The number of aryl methyl sites for hydroxylation is 1. The van der Waals surface area contributed by atoms with Crippen molar-refractivity contribution in [1.82, 2.24) is 14.9 Å². The van der Waals surface area contributed by atoms with E-state index in [2.05, 4.69) is 32.2 Å². The van der Waals surface area contributed by atoms with Crippen LogP contribution in [0.15, 0.2) is 39.9 Å². The maximum atomic E-state index is 9.76. The second-order valence-corrected chi connectivity index (χ2v) is 7.24. The molecule has 4 rings (SSSR count). The third-order valence-corrected chi connectivity index (χ3v) is 5.93. The molecule has 1 atom stereocenters. The SMILES string of the molecule is CCCCc1nnc2n1N1C(=CSC1c1cccc(O)c1)S2. The highest BCUT2D eigenvalue weighted by Crippen LogP contribution is 2.51. The lowest BCUT2D eigenvalue weighted by Crippen LogP contribution is -2.30. The molecule has 0 bridgehead atoms. The molecule has 0 aliphatic carbocycles. The molecule has 7 heteroatoms. The topological polar surface area (TPSA) is 54.2 Å². The molecular weight excluding hydrogens is 316 g/mol. The van der Waals surface area contributed by atoms with E-state index >= 15 is 0 Å². The van der Waals surface area contributed by atoms with E-state index in [0.717, 1.165) is 35.8 Å². The first-order chi connectivity index (χ1) is 10.8. The van der Waals surface area contributed by atoms with Crippen LogP contribution in [-0.4, -0.2) is 20.0 Å². The predicted octanol–water partition coefficient (Wildman–Crippen LogP) is 3.61. The van der Waals surface area contributed by atoms with Gasteiger partial charge in [0.1, 0.15) is 16.2 Å². The van der Waals surface area contributed by atoms with Gasteiger partial charge in [-0.1, -0.05) is 37.2 Å². The number of aromatic hydroxyl groups is 1. The average molecular weight is 332 g/mol. The zero-order valence-corrected chi connectivity index (χ0v) is 13.8. The van der Waals surface area contributed by atoms with Gasteiger partial charge in [-0.15, -0.1) is 10.2 Å². The van der Waals surface area contributed by atoms with Gasteiger partial charge in [0.15, 0.2) is 5.82 Å². The number of hydrogen-bond acceptors (Lipinski definition) is 6. The number of unbranched alkanes of at least 4 members (excludes halogenated alkanes) is 1. The van der Waals surface area contributed by atoms with Crippen LogP contribution in [0, 0.1) is 0 Å². The lowest BCUT2D eigenvalue weighted by atomic mass is 10.2. The number of nitrogens with zero attached hydrogens (tertiary/aromatic N) is 4. The normalized spacial score (nSPS) is 19.2. The molecule has 1 N–H and O–H groups in total. The van der Waals surface area contributed by atoms with Gasteiger partial charge in [0.05, 0.1) is 0 Å². The van der Waals surface area contributed by atoms with Crippen molar-refractivity contribution in [2.75, 3.05) is 5.01 Å². The Morgan fingerprint density at radius 3 is 3.05 bits per heavy atom. The third-order valence-electron chi connectivity index (χ3n) is 3.74. The second kappa shape index (κ2) is 5.55. The zero-order valence-electron chi connectivity index (χ0n) is 12.1. The molecule has 22 heavy (non-hydrogen) atoms. The van der Waals surface area contributed by atoms with Gasteiger partial charge in [0.25, 0.3) is 0 Å². The maximum absolute atomic E-state index is 9.76. The molecule has 0 saturated heterocycles. The van der Waals surface area contributed by atoms with Crippen molar-refractivity contribution in [2.45, 2.75) is 36.7 Å². The third kappa shape index (κ3) is 2.19.